The quantitative estimate of drug-likeness (QED) is 0.124. The number of urea groups is 1. The summed E-state index contributed by atoms with van der Waals surface area (Å²) in [5.41, 5.74) is 1.90. The van der Waals surface area contributed by atoms with Gasteiger partial charge in [0.15, 0.2) is 11.5 Å². The number of anilines is 1. The molecule has 0 aromatic heterocycles. The maximum absolute atomic E-state index is 13.3. The Morgan fingerprint density at radius 2 is 1.82 bits per heavy atom. The van der Waals surface area contributed by atoms with E-state index in [0.29, 0.717) is 39.3 Å². The van der Waals surface area contributed by atoms with Crippen LogP contribution < -0.4 is 24.4 Å². The maximum Gasteiger partial charge on any atom is 0.335 e. The lowest BCUT2D eigenvalue weighted by Gasteiger charge is -2.26. The monoisotopic (exact) mass is 605 g/mol. The number of nitro groups is 1. The van der Waals surface area contributed by atoms with Crippen molar-refractivity contribution < 1.29 is 33.5 Å². The van der Waals surface area contributed by atoms with Gasteiger partial charge in [0, 0.05) is 18.2 Å². The van der Waals surface area contributed by atoms with Crippen LogP contribution in [0.4, 0.5) is 16.2 Å². The van der Waals surface area contributed by atoms with Crippen molar-refractivity contribution in [1.82, 2.24) is 5.32 Å². The standard InChI is InChI=1S/C28H20BrN3O8/c1-2-3-18-10-17(12-22(29)25(18)38-14-16-4-6-19(7-5-16)32(36)37)11-21-26(33)30-28(35)31(27(21)34)20-8-9-23-24(13-20)40-15-39-23/h2,4-13H,1,3,14-15H2,(H,30,33,35)/b21-11+. The van der Waals surface area contributed by atoms with Crippen molar-refractivity contribution >= 4 is 51.2 Å². The van der Waals surface area contributed by atoms with Gasteiger partial charge in [-0.05, 0) is 81.5 Å². The van der Waals surface area contributed by atoms with Crippen LogP contribution in [-0.2, 0) is 22.6 Å². The van der Waals surface area contributed by atoms with Crippen molar-refractivity contribution in [3.63, 3.8) is 0 Å². The number of barbiturate groups is 1. The normalized spacial score (nSPS) is 15.3. The zero-order valence-electron chi connectivity index (χ0n) is 20.7. The summed E-state index contributed by atoms with van der Waals surface area (Å²) in [5, 5.41) is 13.1. The summed E-state index contributed by atoms with van der Waals surface area (Å²) in [6, 6.07) is 13.1. The number of rotatable bonds is 8. The van der Waals surface area contributed by atoms with Gasteiger partial charge >= 0.3 is 6.03 Å². The fraction of sp³-hybridized carbons (Fsp3) is 0.107. The maximum atomic E-state index is 13.3. The Labute approximate surface area is 235 Å². The first-order chi connectivity index (χ1) is 19.2. The number of carbonyl (C=O) groups is 3. The summed E-state index contributed by atoms with van der Waals surface area (Å²) in [6.45, 7) is 3.96. The molecule has 2 aliphatic rings. The number of hydrogen-bond donors (Lipinski definition) is 1. The van der Waals surface area contributed by atoms with E-state index in [0.717, 1.165) is 10.5 Å². The number of nitrogens with one attached hydrogen (secondary N) is 1. The summed E-state index contributed by atoms with van der Waals surface area (Å²) in [6.07, 6.45) is 3.48. The first kappa shape index (κ1) is 26.6. The molecule has 0 radical (unpaired) electrons. The van der Waals surface area contributed by atoms with Crippen LogP contribution in [0.5, 0.6) is 17.2 Å². The molecule has 12 heteroatoms. The van der Waals surface area contributed by atoms with Gasteiger partial charge in [-0.15, -0.1) is 6.58 Å². The Morgan fingerprint density at radius 1 is 1.07 bits per heavy atom. The molecule has 1 N–H and O–H groups in total. The summed E-state index contributed by atoms with van der Waals surface area (Å²) < 4.78 is 17.2. The molecule has 0 unspecified atom stereocenters. The first-order valence-corrected chi connectivity index (χ1v) is 12.6. The number of imide groups is 2. The topological polar surface area (TPSA) is 137 Å². The average molecular weight is 606 g/mol. The minimum Gasteiger partial charge on any atom is -0.487 e. The van der Waals surface area contributed by atoms with Crippen LogP contribution in [0, 0.1) is 10.1 Å². The van der Waals surface area contributed by atoms with Gasteiger partial charge in [-0.2, -0.15) is 0 Å². The van der Waals surface area contributed by atoms with Crippen LogP contribution in [0.15, 0.2) is 77.3 Å². The summed E-state index contributed by atoms with van der Waals surface area (Å²) in [4.78, 5) is 49.9. The van der Waals surface area contributed by atoms with Crippen molar-refractivity contribution in [3.05, 3.63) is 104 Å². The van der Waals surface area contributed by atoms with Crippen molar-refractivity contribution in [2.75, 3.05) is 11.7 Å². The molecule has 4 amide bonds. The first-order valence-electron chi connectivity index (χ1n) is 11.9. The largest absolute Gasteiger partial charge is 0.487 e. The van der Waals surface area contributed by atoms with Crippen LogP contribution >= 0.6 is 15.9 Å². The zero-order chi connectivity index (χ0) is 28.4. The summed E-state index contributed by atoms with van der Waals surface area (Å²) >= 11 is 3.50. The van der Waals surface area contributed by atoms with E-state index in [9.17, 15) is 24.5 Å². The molecule has 3 aromatic rings. The van der Waals surface area contributed by atoms with E-state index in [2.05, 4.69) is 27.8 Å². The molecule has 202 valence electrons. The van der Waals surface area contributed by atoms with E-state index in [1.165, 1.54) is 30.3 Å². The van der Waals surface area contributed by atoms with Gasteiger partial charge in [0.25, 0.3) is 17.5 Å². The number of nitrogens with zero attached hydrogens (tertiary/aromatic N) is 2. The highest BCUT2D eigenvalue weighted by Crippen LogP contribution is 2.37. The van der Waals surface area contributed by atoms with E-state index >= 15 is 0 Å². The lowest BCUT2D eigenvalue weighted by Crippen LogP contribution is -2.54. The highest BCUT2D eigenvalue weighted by Gasteiger charge is 2.37. The van der Waals surface area contributed by atoms with Crippen molar-refractivity contribution in [2.45, 2.75) is 13.0 Å². The Bertz CT molecular complexity index is 1600. The molecule has 3 aromatic carbocycles. The number of ether oxygens (including phenoxy) is 3. The van der Waals surface area contributed by atoms with E-state index in [-0.39, 0.29) is 30.3 Å². The number of non-ortho nitro benzene ring substituents is 1. The van der Waals surface area contributed by atoms with Crippen LogP contribution in [0.1, 0.15) is 16.7 Å². The van der Waals surface area contributed by atoms with Gasteiger partial charge in [-0.3, -0.25) is 25.0 Å². The highest BCUT2D eigenvalue weighted by atomic mass is 79.9. The number of hydrogen-bond acceptors (Lipinski definition) is 8. The molecule has 40 heavy (non-hydrogen) atoms. The highest BCUT2D eigenvalue weighted by molar-refractivity contribution is 9.10. The van der Waals surface area contributed by atoms with Gasteiger partial charge in [0.2, 0.25) is 6.79 Å². The summed E-state index contributed by atoms with van der Waals surface area (Å²) in [7, 11) is 0. The predicted molar refractivity (Wildman–Crippen MR) is 147 cm³/mol. The van der Waals surface area contributed by atoms with Gasteiger partial charge in [0.1, 0.15) is 17.9 Å². The Morgan fingerprint density at radius 3 is 2.55 bits per heavy atom. The molecule has 5 rings (SSSR count). The van der Waals surface area contributed by atoms with Crippen LogP contribution in [0.2, 0.25) is 0 Å². The molecule has 0 spiro atoms. The van der Waals surface area contributed by atoms with Crippen LogP contribution in [0.25, 0.3) is 6.08 Å². The van der Waals surface area contributed by atoms with Gasteiger partial charge < -0.3 is 14.2 Å². The van der Waals surface area contributed by atoms with E-state index < -0.39 is 22.8 Å². The van der Waals surface area contributed by atoms with Crippen molar-refractivity contribution in [2.24, 2.45) is 0 Å². The third-order valence-electron chi connectivity index (χ3n) is 6.06. The summed E-state index contributed by atoms with van der Waals surface area (Å²) in [5.74, 6) is -0.254. The van der Waals surface area contributed by atoms with E-state index in [1.54, 1.807) is 36.4 Å². The number of amides is 4. The molecule has 0 bridgehead atoms. The van der Waals surface area contributed by atoms with Crippen molar-refractivity contribution in [3.8, 4) is 17.2 Å². The minimum atomic E-state index is -0.880. The lowest BCUT2D eigenvalue weighted by molar-refractivity contribution is -0.384. The second kappa shape index (κ2) is 11.0. The molecular weight excluding hydrogens is 586 g/mol. The van der Waals surface area contributed by atoms with E-state index in [1.807, 2.05) is 0 Å². The number of benzene rings is 3. The van der Waals surface area contributed by atoms with E-state index in [4.69, 9.17) is 14.2 Å². The SMILES string of the molecule is C=CCc1cc(/C=C2\C(=O)NC(=O)N(c3ccc4c(c3)OCO4)C2=O)cc(Br)c1OCc1ccc([N+](=O)[O-])cc1. The molecule has 2 heterocycles. The Hall–Kier alpha value is -4.97. The molecule has 0 aliphatic carbocycles. The molecule has 1 fully saturated rings. The third-order valence-corrected chi connectivity index (χ3v) is 6.65. The fourth-order valence-electron chi connectivity index (χ4n) is 4.18. The number of nitro benzene ring substituents is 1. The predicted octanol–water partition coefficient (Wildman–Crippen LogP) is 5.06. The van der Waals surface area contributed by atoms with Gasteiger partial charge in [0.05, 0.1) is 15.1 Å². The van der Waals surface area contributed by atoms with Gasteiger partial charge in [-0.1, -0.05) is 6.08 Å². The third kappa shape index (κ3) is 5.29. The molecular formula is C28H20BrN3O8. The lowest BCUT2D eigenvalue weighted by atomic mass is 10.0. The Balaban J connectivity index is 1.42. The van der Waals surface area contributed by atoms with Gasteiger partial charge in [-0.25, -0.2) is 9.69 Å². The average Bonchev–Trinajstić information content (AvgIpc) is 3.39. The molecule has 2 aliphatic heterocycles. The fourth-order valence-corrected chi connectivity index (χ4v) is 4.81. The zero-order valence-corrected chi connectivity index (χ0v) is 22.3. The number of halogens is 1. The van der Waals surface area contributed by atoms with Crippen LogP contribution in [-0.4, -0.2) is 29.6 Å². The minimum absolute atomic E-state index is 0.0187. The number of allylic oxidation sites excluding steroid dienone is 1. The molecule has 1 saturated heterocycles. The number of fused-ring (bicyclic) bond motifs is 1. The molecule has 0 atom stereocenters. The van der Waals surface area contributed by atoms with Crippen molar-refractivity contribution in [1.29, 1.82) is 0 Å². The second-order valence-corrected chi connectivity index (χ2v) is 9.55. The van der Waals surface area contributed by atoms with Crippen LogP contribution in [0.3, 0.4) is 0 Å². The Kier molecular flexibility index (Phi) is 7.34. The molecule has 11 nitrogen and oxygen atoms in total. The smallest absolute Gasteiger partial charge is 0.335 e. The molecule has 0 saturated carbocycles. The second-order valence-electron chi connectivity index (χ2n) is 8.69. The number of carbonyl (C=O) groups excluding carboxylic acids is 3.